The van der Waals surface area contributed by atoms with Gasteiger partial charge < -0.3 is 9.47 Å². The van der Waals surface area contributed by atoms with E-state index in [1.165, 1.54) is 83.5 Å². The van der Waals surface area contributed by atoms with E-state index in [2.05, 4.69) is 6.92 Å². The molecule has 0 saturated carbocycles. The van der Waals surface area contributed by atoms with Gasteiger partial charge in [-0.1, -0.05) is 111 Å². The van der Waals surface area contributed by atoms with Gasteiger partial charge in [-0.15, -0.1) is 0 Å². The Labute approximate surface area is 186 Å². The van der Waals surface area contributed by atoms with E-state index < -0.39 is 0 Å². The smallest absolute Gasteiger partial charge is 0.305 e. The minimum Gasteiger partial charge on any atom is -0.466 e. The lowest BCUT2D eigenvalue weighted by Gasteiger charge is -2.07. The lowest BCUT2D eigenvalue weighted by Crippen LogP contribution is -2.11. The van der Waals surface area contributed by atoms with Crippen molar-refractivity contribution in [1.29, 1.82) is 0 Å². The lowest BCUT2D eigenvalue weighted by molar-refractivity contribution is -0.146. The Morgan fingerprint density at radius 2 is 0.967 bits per heavy atom. The van der Waals surface area contributed by atoms with Crippen LogP contribution in [0.25, 0.3) is 0 Å². The van der Waals surface area contributed by atoms with Crippen molar-refractivity contribution in [1.82, 2.24) is 0 Å². The molecular formula is C26H50O4. The second-order valence-electron chi connectivity index (χ2n) is 9.10. The van der Waals surface area contributed by atoms with E-state index in [0.717, 1.165) is 12.8 Å². The van der Waals surface area contributed by atoms with Crippen molar-refractivity contribution >= 4 is 11.9 Å². The van der Waals surface area contributed by atoms with Gasteiger partial charge in [0.1, 0.15) is 0 Å². The molecule has 0 unspecified atom stereocenters. The molecule has 0 bridgehead atoms. The molecule has 0 aliphatic heterocycles. The third-order valence-corrected chi connectivity index (χ3v) is 5.35. The molecule has 4 heteroatoms. The Bertz CT molecular complexity index is 392. The second-order valence-corrected chi connectivity index (χ2v) is 9.10. The van der Waals surface area contributed by atoms with Crippen LogP contribution in [0.4, 0.5) is 0 Å². The minimum absolute atomic E-state index is 0.197. The van der Waals surface area contributed by atoms with Gasteiger partial charge >= 0.3 is 11.9 Å². The van der Waals surface area contributed by atoms with E-state index in [-0.39, 0.29) is 11.9 Å². The fourth-order valence-electron chi connectivity index (χ4n) is 3.44. The molecule has 0 spiro atoms. The number of ether oxygens (including phenoxy) is 2. The van der Waals surface area contributed by atoms with Crippen LogP contribution in [-0.4, -0.2) is 25.2 Å². The topological polar surface area (TPSA) is 52.6 Å². The van der Waals surface area contributed by atoms with E-state index in [4.69, 9.17) is 9.47 Å². The summed E-state index contributed by atoms with van der Waals surface area (Å²) in [4.78, 5) is 23.1. The number of carbonyl (C=O) groups is 2. The number of hydrogen-bond donors (Lipinski definition) is 0. The van der Waals surface area contributed by atoms with Crippen LogP contribution < -0.4 is 0 Å². The Balaban J connectivity index is 3.23. The van der Waals surface area contributed by atoms with Crippen LogP contribution >= 0.6 is 0 Å². The highest BCUT2D eigenvalue weighted by molar-refractivity contribution is 5.72. The molecule has 0 amide bonds. The summed E-state index contributed by atoms with van der Waals surface area (Å²) in [6.45, 7) is 7.23. The lowest BCUT2D eigenvalue weighted by atomic mass is 10.0. The van der Waals surface area contributed by atoms with Gasteiger partial charge in [-0.3, -0.25) is 9.59 Å². The van der Waals surface area contributed by atoms with Crippen LogP contribution in [0.1, 0.15) is 136 Å². The molecule has 178 valence electrons. The minimum atomic E-state index is -0.223. The van der Waals surface area contributed by atoms with Crippen LogP contribution in [0.3, 0.4) is 0 Å². The van der Waals surface area contributed by atoms with Gasteiger partial charge in [0.15, 0.2) is 0 Å². The summed E-state index contributed by atoms with van der Waals surface area (Å²) in [5.41, 5.74) is 0. The molecule has 4 nitrogen and oxygen atoms in total. The molecule has 0 aliphatic carbocycles. The average Bonchev–Trinajstić information content (AvgIpc) is 2.72. The van der Waals surface area contributed by atoms with E-state index in [1.807, 2.05) is 13.8 Å². The maximum Gasteiger partial charge on any atom is 0.305 e. The van der Waals surface area contributed by atoms with Crippen molar-refractivity contribution in [3.8, 4) is 0 Å². The van der Waals surface area contributed by atoms with Crippen molar-refractivity contribution in [2.75, 3.05) is 13.2 Å². The van der Waals surface area contributed by atoms with Gasteiger partial charge in [-0.2, -0.15) is 0 Å². The van der Waals surface area contributed by atoms with E-state index in [0.29, 0.717) is 38.4 Å². The molecule has 0 aliphatic rings. The monoisotopic (exact) mass is 426 g/mol. The van der Waals surface area contributed by atoms with Crippen LogP contribution in [0, 0.1) is 5.92 Å². The van der Waals surface area contributed by atoms with Crippen LogP contribution in [0.2, 0.25) is 0 Å². The highest BCUT2D eigenvalue weighted by atomic mass is 16.5. The first-order valence-corrected chi connectivity index (χ1v) is 12.9. The van der Waals surface area contributed by atoms with Crippen molar-refractivity contribution < 1.29 is 19.1 Å². The third kappa shape index (κ3) is 23.2. The Hall–Kier alpha value is -1.06. The quantitative estimate of drug-likeness (QED) is 0.131. The first-order valence-electron chi connectivity index (χ1n) is 12.9. The summed E-state index contributed by atoms with van der Waals surface area (Å²) in [5, 5.41) is 0. The normalized spacial score (nSPS) is 11.1. The number of carbonyl (C=O) groups excluding carboxylic acids is 2. The number of hydrogen-bond acceptors (Lipinski definition) is 4. The molecule has 0 saturated heterocycles. The van der Waals surface area contributed by atoms with Crippen molar-refractivity contribution in [2.45, 2.75) is 136 Å². The predicted octanol–water partition coefficient (Wildman–Crippen LogP) is 7.77. The maximum atomic E-state index is 11.7. The molecule has 0 N–H and O–H groups in total. The van der Waals surface area contributed by atoms with Crippen LogP contribution in [-0.2, 0) is 19.1 Å². The maximum absolute atomic E-state index is 11.7. The zero-order chi connectivity index (χ0) is 22.3. The molecule has 0 aromatic heterocycles. The van der Waals surface area contributed by atoms with Crippen molar-refractivity contribution in [3.63, 3.8) is 0 Å². The molecule has 0 atom stereocenters. The van der Waals surface area contributed by atoms with Crippen molar-refractivity contribution in [3.05, 3.63) is 0 Å². The number of rotatable bonds is 22. The molecule has 0 fully saturated rings. The Morgan fingerprint density at radius 1 is 0.567 bits per heavy atom. The van der Waals surface area contributed by atoms with E-state index >= 15 is 0 Å². The van der Waals surface area contributed by atoms with Gasteiger partial charge in [0, 0.05) is 12.8 Å². The summed E-state index contributed by atoms with van der Waals surface area (Å²) >= 11 is 0. The zero-order valence-corrected chi connectivity index (χ0v) is 20.4. The van der Waals surface area contributed by atoms with Gasteiger partial charge in [0.25, 0.3) is 0 Å². The first kappa shape index (κ1) is 28.9. The molecule has 0 rings (SSSR count). The molecule has 0 aromatic rings. The molecule has 0 heterocycles. The largest absolute Gasteiger partial charge is 0.466 e. The summed E-state index contributed by atoms with van der Waals surface area (Å²) in [7, 11) is 0. The fraction of sp³-hybridized carbons (Fsp3) is 0.923. The summed E-state index contributed by atoms with van der Waals surface area (Å²) in [5.74, 6) is -0.0789. The molecule has 0 radical (unpaired) electrons. The SMILES string of the molecule is CCCCCCCCCCCCCCCCCOC(=O)CCCC(=O)OCC(C)C. The third-order valence-electron chi connectivity index (χ3n) is 5.35. The van der Waals surface area contributed by atoms with Gasteiger partial charge in [-0.25, -0.2) is 0 Å². The van der Waals surface area contributed by atoms with Gasteiger partial charge in [0.2, 0.25) is 0 Å². The summed E-state index contributed by atoms with van der Waals surface area (Å²) < 4.78 is 10.3. The number of esters is 2. The second kappa shape index (κ2) is 22.6. The fourth-order valence-corrected chi connectivity index (χ4v) is 3.44. The Morgan fingerprint density at radius 3 is 1.40 bits per heavy atom. The van der Waals surface area contributed by atoms with Crippen molar-refractivity contribution in [2.24, 2.45) is 5.92 Å². The first-order chi connectivity index (χ1) is 14.6. The number of unbranched alkanes of at least 4 members (excludes halogenated alkanes) is 14. The summed E-state index contributed by atoms with van der Waals surface area (Å²) in [6, 6.07) is 0. The highest BCUT2D eigenvalue weighted by Gasteiger charge is 2.08. The molecular weight excluding hydrogens is 376 g/mol. The van der Waals surface area contributed by atoms with Crippen LogP contribution in [0.5, 0.6) is 0 Å². The highest BCUT2D eigenvalue weighted by Crippen LogP contribution is 2.13. The predicted molar refractivity (Wildman–Crippen MR) is 126 cm³/mol. The zero-order valence-electron chi connectivity index (χ0n) is 20.4. The van der Waals surface area contributed by atoms with Gasteiger partial charge in [-0.05, 0) is 18.8 Å². The van der Waals surface area contributed by atoms with Gasteiger partial charge in [0.05, 0.1) is 13.2 Å². The standard InChI is InChI=1S/C26H50O4/c1-4-5-6-7-8-9-10-11-12-13-14-15-16-17-18-22-29-25(27)20-19-21-26(28)30-23-24(2)3/h24H,4-23H2,1-3H3. The van der Waals surface area contributed by atoms with Crippen LogP contribution in [0.15, 0.2) is 0 Å². The molecule has 30 heavy (non-hydrogen) atoms. The Kier molecular flexibility index (Phi) is 21.8. The van der Waals surface area contributed by atoms with E-state index in [9.17, 15) is 9.59 Å². The average molecular weight is 427 g/mol. The summed E-state index contributed by atoms with van der Waals surface area (Å²) in [6.07, 6.45) is 21.0. The molecule has 0 aromatic carbocycles. The van der Waals surface area contributed by atoms with E-state index in [1.54, 1.807) is 0 Å².